The Hall–Kier alpha value is -2.19. The van der Waals surface area contributed by atoms with Gasteiger partial charge in [-0.15, -0.1) is 10.2 Å². The van der Waals surface area contributed by atoms with Crippen LogP contribution in [0.1, 0.15) is 12.6 Å². The maximum Gasteiger partial charge on any atom is 0.186 e. The highest BCUT2D eigenvalue weighted by molar-refractivity contribution is 5.92. The molecule has 1 aromatic carbocycles. The minimum Gasteiger partial charge on any atom is -0.382 e. The van der Waals surface area contributed by atoms with Crippen LogP contribution in [-0.2, 0) is 0 Å². The summed E-state index contributed by atoms with van der Waals surface area (Å²) in [5.41, 5.74) is 1.91. The second kappa shape index (κ2) is 6.12. The molecule has 2 rings (SSSR count). The monoisotopic (exact) mass is 255 g/mol. The minimum atomic E-state index is 0.343. The number of hydrogen-bond donors (Lipinski definition) is 2. The van der Waals surface area contributed by atoms with Crippen molar-refractivity contribution < 1.29 is 0 Å². The zero-order chi connectivity index (χ0) is 13.7. The van der Waals surface area contributed by atoms with Gasteiger partial charge in [0.25, 0.3) is 0 Å². The summed E-state index contributed by atoms with van der Waals surface area (Å²) in [6.07, 6.45) is 0. The molecule has 19 heavy (non-hydrogen) atoms. The van der Waals surface area contributed by atoms with Crippen LogP contribution in [0, 0.1) is 17.2 Å². The van der Waals surface area contributed by atoms with Gasteiger partial charge in [0.2, 0.25) is 0 Å². The number of hydrogen-bond acceptors (Lipinski definition) is 5. The van der Waals surface area contributed by atoms with Gasteiger partial charge in [0.1, 0.15) is 6.07 Å². The number of aromatic nitrogens is 2. The highest BCUT2D eigenvalue weighted by Crippen LogP contribution is 2.23. The Kier molecular flexibility index (Phi) is 4.26. The van der Waals surface area contributed by atoms with E-state index in [4.69, 9.17) is 5.26 Å². The molecule has 0 aliphatic carbocycles. The summed E-state index contributed by atoms with van der Waals surface area (Å²) in [5, 5.41) is 24.6. The van der Waals surface area contributed by atoms with E-state index in [0.717, 1.165) is 29.7 Å². The van der Waals surface area contributed by atoms with E-state index >= 15 is 0 Å². The largest absolute Gasteiger partial charge is 0.382 e. The lowest BCUT2D eigenvalue weighted by Gasteiger charge is -2.14. The standard InChI is InChI=1S/C14H17N5/c1-10(8-16-2)9-17-14-11-5-3-4-6-12(11)18-19-13(14)7-15/h3-6,10,16H,8-9H2,1-2H3,(H,17,18). The first-order valence-electron chi connectivity index (χ1n) is 6.30. The summed E-state index contributed by atoms with van der Waals surface area (Å²) >= 11 is 0. The molecule has 0 aliphatic heterocycles. The van der Waals surface area contributed by atoms with Crippen molar-refractivity contribution in [2.24, 2.45) is 5.92 Å². The van der Waals surface area contributed by atoms with Crippen LogP contribution < -0.4 is 10.6 Å². The molecule has 0 aliphatic rings. The Bertz CT molecular complexity index is 602. The molecule has 1 unspecified atom stereocenters. The lowest BCUT2D eigenvalue weighted by molar-refractivity contribution is 0.569. The van der Waals surface area contributed by atoms with Crippen LogP contribution in [0.25, 0.3) is 10.9 Å². The zero-order valence-corrected chi connectivity index (χ0v) is 11.1. The van der Waals surface area contributed by atoms with Gasteiger partial charge >= 0.3 is 0 Å². The van der Waals surface area contributed by atoms with Gasteiger partial charge < -0.3 is 10.6 Å². The first-order chi connectivity index (χ1) is 9.26. The van der Waals surface area contributed by atoms with Gasteiger partial charge in [0, 0.05) is 11.9 Å². The fraction of sp³-hybridized carbons (Fsp3) is 0.357. The van der Waals surface area contributed by atoms with Crippen LogP contribution in [0.5, 0.6) is 0 Å². The molecule has 0 radical (unpaired) electrons. The first-order valence-corrected chi connectivity index (χ1v) is 6.30. The summed E-state index contributed by atoms with van der Waals surface area (Å²) in [6.45, 7) is 3.85. The van der Waals surface area contributed by atoms with Crippen molar-refractivity contribution in [2.45, 2.75) is 6.92 Å². The first kappa shape index (κ1) is 13.2. The molecule has 1 aromatic heterocycles. The summed E-state index contributed by atoms with van der Waals surface area (Å²) in [6, 6.07) is 9.79. The quantitative estimate of drug-likeness (QED) is 0.851. The van der Waals surface area contributed by atoms with Crippen molar-refractivity contribution >= 4 is 16.6 Å². The fourth-order valence-electron chi connectivity index (χ4n) is 2.01. The maximum atomic E-state index is 9.14. The number of anilines is 1. The van der Waals surface area contributed by atoms with E-state index in [2.05, 4.69) is 33.8 Å². The summed E-state index contributed by atoms with van der Waals surface area (Å²) in [7, 11) is 1.93. The molecule has 0 fully saturated rings. The van der Waals surface area contributed by atoms with Crippen molar-refractivity contribution in [3.8, 4) is 6.07 Å². The van der Waals surface area contributed by atoms with Crippen LogP contribution in [0.15, 0.2) is 24.3 Å². The Morgan fingerprint density at radius 3 is 2.79 bits per heavy atom. The molecule has 0 saturated heterocycles. The molecule has 2 aromatic rings. The maximum absolute atomic E-state index is 9.14. The molecule has 0 saturated carbocycles. The normalized spacial score (nSPS) is 12.1. The lowest BCUT2D eigenvalue weighted by atomic mass is 10.1. The predicted molar refractivity (Wildman–Crippen MR) is 75.8 cm³/mol. The Morgan fingerprint density at radius 1 is 1.26 bits per heavy atom. The van der Waals surface area contributed by atoms with Gasteiger partial charge in [0.15, 0.2) is 5.69 Å². The highest BCUT2D eigenvalue weighted by Gasteiger charge is 2.10. The molecule has 1 heterocycles. The Balaban J connectivity index is 2.32. The van der Waals surface area contributed by atoms with Gasteiger partial charge in [-0.05, 0) is 25.6 Å². The van der Waals surface area contributed by atoms with E-state index in [1.807, 2.05) is 31.3 Å². The molecule has 1 atom stereocenters. The third-order valence-corrected chi connectivity index (χ3v) is 2.95. The molecule has 0 amide bonds. The number of nitriles is 1. The van der Waals surface area contributed by atoms with E-state index in [1.165, 1.54) is 0 Å². The number of nitrogens with one attached hydrogen (secondary N) is 2. The summed E-state index contributed by atoms with van der Waals surface area (Å²) in [5.74, 6) is 0.462. The fourth-order valence-corrected chi connectivity index (χ4v) is 2.01. The van der Waals surface area contributed by atoms with Crippen molar-refractivity contribution in [1.82, 2.24) is 15.5 Å². The number of benzene rings is 1. The van der Waals surface area contributed by atoms with Crippen LogP contribution in [-0.4, -0.2) is 30.3 Å². The average Bonchev–Trinajstić information content (AvgIpc) is 2.44. The third-order valence-electron chi connectivity index (χ3n) is 2.95. The molecule has 2 N–H and O–H groups in total. The number of nitrogens with zero attached hydrogens (tertiary/aromatic N) is 3. The van der Waals surface area contributed by atoms with Crippen LogP contribution in [0.4, 0.5) is 5.69 Å². The van der Waals surface area contributed by atoms with Crippen LogP contribution in [0.2, 0.25) is 0 Å². The van der Waals surface area contributed by atoms with E-state index in [-0.39, 0.29) is 0 Å². The van der Waals surface area contributed by atoms with E-state index in [1.54, 1.807) is 0 Å². The molecule has 5 nitrogen and oxygen atoms in total. The van der Waals surface area contributed by atoms with Gasteiger partial charge in [0.05, 0.1) is 11.2 Å². The molecule has 5 heteroatoms. The highest BCUT2D eigenvalue weighted by atomic mass is 15.1. The van der Waals surface area contributed by atoms with Gasteiger partial charge in [-0.2, -0.15) is 5.26 Å². The van der Waals surface area contributed by atoms with Crippen molar-refractivity contribution in [2.75, 3.05) is 25.5 Å². The number of rotatable bonds is 5. The third kappa shape index (κ3) is 2.98. The lowest BCUT2D eigenvalue weighted by Crippen LogP contribution is -2.23. The van der Waals surface area contributed by atoms with Crippen LogP contribution >= 0.6 is 0 Å². The zero-order valence-electron chi connectivity index (χ0n) is 11.1. The van der Waals surface area contributed by atoms with Gasteiger partial charge in [-0.3, -0.25) is 0 Å². The van der Waals surface area contributed by atoms with Crippen molar-refractivity contribution in [1.29, 1.82) is 5.26 Å². The smallest absolute Gasteiger partial charge is 0.186 e. The minimum absolute atomic E-state index is 0.343. The summed E-state index contributed by atoms with van der Waals surface area (Å²) in [4.78, 5) is 0. The molecule has 98 valence electrons. The SMILES string of the molecule is CNCC(C)CNc1c(C#N)nnc2ccccc12. The Morgan fingerprint density at radius 2 is 2.05 bits per heavy atom. The van der Waals surface area contributed by atoms with Crippen LogP contribution in [0.3, 0.4) is 0 Å². The molecular weight excluding hydrogens is 238 g/mol. The van der Waals surface area contributed by atoms with Gasteiger partial charge in [-0.25, -0.2) is 0 Å². The second-order valence-corrected chi connectivity index (χ2v) is 4.60. The predicted octanol–water partition coefficient (Wildman–Crippen LogP) is 1.77. The van der Waals surface area contributed by atoms with Crippen molar-refractivity contribution in [3.63, 3.8) is 0 Å². The molecule has 0 bridgehead atoms. The second-order valence-electron chi connectivity index (χ2n) is 4.60. The van der Waals surface area contributed by atoms with E-state index < -0.39 is 0 Å². The molecule has 0 spiro atoms. The van der Waals surface area contributed by atoms with E-state index in [0.29, 0.717) is 11.6 Å². The Labute approximate surface area is 112 Å². The average molecular weight is 255 g/mol. The van der Waals surface area contributed by atoms with Gasteiger partial charge in [-0.1, -0.05) is 25.1 Å². The van der Waals surface area contributed by atoms with E-state index in [9.17, 15) is 0 Å². The van der Waals surface area contributed by atoms with Crippen molar-refractivity contribution in [3.05, 3.63) is 30.0 Å². The summed E-state index contributed by atoms with van der Waals surface area (Å²) < 4.78 is 0. The topological polar surface area (TPSA) is 73.6 Å². The number of fused-ring (bicyclic) bond motifs is 1. The molecular formula is C14H17N5.